The standard InChI is InChI=1S/C56H30N4S/c1-58-52-48(33-16-4-2-5-17-33)43(32-57)53(60-44-26-12-10-22-37(44)41-30-31-42-38-23-11-13-29-47(38)61-56(42)54(41)60)49(34-18-6-3-7-19-34)55(52)59-45-27-14-24-39-35-20-8-9-21-36(35)40-25-15-28-46(59)51(40)50(39)45/h2-31H/i8D,9D,14D,20D,21D,24D,27D. The number of aromatic nitrogens is 2. The highest BCUT2D eigenvalue weighted by Gasteiger charge is 2.32. The summed E-state index contributed by atoms with van der Waals surface area (Å²) < 4.78 is 70.8. The maximum Gasteiger partial charge on any atom is 0.220 e. The molecular weight excluding hydrogens is 761 g/mol. The molecule has 0 aliphatic rings. The molecule has 13 rings (SSSR count). The van der Waals surface area contributed by atoms with Gasteiger partial charge in [-0.05, 0) is 56.9 Å². The lowest BCUT2D eigenvalue weighted by Gasteiger charge is -2.25. The normalized spacial score (nSPS) is 13.5. The molecule has 280 valence electrons. The van der Waals surface area contributed by atoms with Crippen LogP contribution in [0.1, 0.15) is 15.2 Å². The van der Waals surface area contributed by atoms with E-state index in [4.69, 9.17) is 2.74 Å². The molecule has 4 nitrogen and oxygen atoms in total. The van der Waals surface area contributed by atoms with Crippen LogP contribution < -0.4 is 0 Å². The van der Waals surface area contributed by atoms with Gasteiger partial charge in [-0.25, -0.2) is 4.85 Å². The number of nitriles is 1. The third-order valence-corrected chi connectivity index (χ3v) is 13.4. The Morgan fingerprint density at radius 2 is 1.13 bits per heavy atom. The average molecular weight is 798 g/mol. The molecule has 5 heteroatoms. The van der Waals surface area contributed by atoms with Crippen molar-refractivity contribution >= 4 is 102 Å². The van der Waals surface area contributed by atoms with Gasteiger partial charge >= 0.3 is 0 Å². The summed E-state index contributed by atoms with van der Waals surface area (Å²) in [7, 11) is 0. The molecule has 0 atom stereocenters. The van der Waals surface area contributed by atoms with Crippen LogP contribution in [0.2, 0.25) is 0 Å². The van der Waals surface area contributed by atoms with Crippen molar-refractivity contribution in [2.45, 2.75) is 0 Å². The predicted molar refractivity (Wildman–Crippen MR) is 256 cm³/mol. The third-order valence-electron chi connectivity index (χ3n) is 12.2. The fourth-order valence-electron chi connectivity index (χ4n) is 9.84. The van der Waals surface area contributed by atoms with Crippen molar-refractivity contribution in [3.63, 3.8) is 0 Å². The zero-order valence-corrected chi connectivity index (χ0v) is 32.8. The van der Waals surface area contributed by atoms with Crippen molar-refractivity contribution in [1.29, 1.82) is 5.26 Å². The van der Waals surface area contributed by atoms with Crippen molar-refractivity contribution in [1.82, 2.24) is 9.13 Å². The van der Waals surface area contributed by atoms with E-state index < -0.39 is 18.1 Å². The molecule has 0 radical (unpaired) electrons. The van der Waals surface area contributed by atoms with Crippen LogP contribution in [-0.2, 0) is 0 Å². The van der Waals surface area contributed by atoms with Gasteiger partial charge in [0.15, 0.2) is 0 Å². The van der Waals surface area contributed by atoms with Crippen LogP contribution in [0.3, 0.4) is 0 Å². The topological polar surface area (TPSA) is 38.0 Å². The molecule has 0 N–H and O–H groups in total. The number of hydrogen-bond acceptors (Lipinski definition) is 2. The molecule has 0 fully saturated rings. The molecule has 61 heavy (non-hydrogen) atoms. The number of benzene rings is 10. The van der Waals surface area contributed by atoms with E-state index in [9.17, 15) is 18.7 Å². The maximum atomic E-state index is 11.9. The van der Waals surface area contributed by atoms with Crippen LogP contribution in [-0.4, -0.2) is 9.13 Å². The second kappa shape index (κ2) is 12.6. The third kappa shape index (κ3) is 4.45. The quantitative estimate of drug-likeness (QED) is 0.129. The van der Waals surface area contributed by atoms with Crippen molar-refractivity contribution in [2.24, 2.45) is 0 Å². The number of nitrogens with zero attached hydrogens (tertiary/aromatic N) is 4. The summed E-state index contributed by atoms with van der Waals surface area (Å²) in [6.45, 7) is 9.23. The first-order valence-corrected chi connectivity index (χ1v) is 20.6. The summed E-state index contributed by atoms with van der Waals surface area (Å²) in [6.07, 6.45) is 0. The lowest BCUT2D eigenvalue weighted by molar-refractivity contribution is 1.14. The average Bonchev–Trinajstić information content (AvgIpc) is 4.04. The molecule has 0 saturated heterocycles. The second-order valence-electron chi connectivity index (χ2n) is 15.2. The monoisotopic (exact) mass is 797 g/mol. The summed E-state index contributed by atoms with van der Waals surface area (Å²) in [5.41, 5.74) is 5.83. The number of thiophene rings is 1. The molecule has 13 aromatic rings. The van der Waals surface area contributed by atoms with Gasteiger partial charge in [-0.1, -0.05) is 158 Å². The van der Waals surface area contributed by atoms with E-state index in [2.05, 4.69) is 51.9 Å². The van der Waals surface area contributed by atoms with Gasteiger partial charge in [-0.2, -0.15) is 5.26 Å². The summed E-state index contributed by atoms with van der Waals surface area (Å²) in [5.74, 6) is 0. The zero-order valence-electron chi connectivity index (χ0n) is 39.0. The van der Waals surface area contributed by atoms with Crippen molar-refractivity contribution in [2.75, 3.05) is 0 Å². The number of rotatable bonds is 4. The van der Waals surface area contributed by atoms with Gasteiger partial charge in [0.1, 0.15) is 6.07 Å². The molecule has 10 aromatic carbocycles. The minimum absolute atomic E-state index is 0.0917. The predicted octanol–water partition coefficient (Wildman–Crippen LogP) is 15.7. The Labute approximate surface area is 363 Å². The SMILES string of the molecule is [2H]c1c([2H])c([2H])c2c(c1[2H])c1cccc3c1c1c2c([2H])c([2H])c([2H])c1n3-c1c([N+]#[C-])c(-c2ccccc2)c(C#N)c(-n2c3ccccc3c3ccc4c5ccccc5sc4c32)c1-c1ccccc1. The fourth-order valence-corrected chi connectivity index (χ4v) is 11.1. The maximum absolute atomic E-state index is 11.9. The van der Waals surface area contributed by atoms with E-state index in [0.717, 1.165) is 42.0 Å². The molecule has 0 spiro atoms. The minimum Gasteiger partial charge on any atom is -0.318 e. The van der Waals surface area contributed by atoms with Crippen LogP contribution >= 0.6 is 11.3 Å². The van der Waals surface area contributed by atoms with Crippen molar-refractivity contribution in [3.8, 4) is 39.7 Å². The van der Waals surface area contributed by atoms with Gasteiger partial charge < -0.3 is 9.13 Å². The van der Waals surface area contributed by atoms with E-state index in [-0.39, 0.29) is 57.1 Å². The van der Waals surface area contributed by atoms with Gasteiger partial charge in [0.25, 0.3) is 0 Å². The van der Waals surface area contributed by atoms with Gasteiger partial charge in [0.05, 0.1) is 59.9 Å². The Kier molecular flexibility index (Phi) is 5.69. The van der Waals surface area contributed by atoms with Crippen LogP contribution in [0.25, 0.3) is 124 Å². The lowest BCUT2D eigenvalue weighted by atomic mass is 9.88. The highest BCUT2D eigenvalue weighted by molar-refractivity contribution is 7.26. The fraction of sp³-hybridized carbons (Fsp3) is 0. The number of fused-ring (bicyclic) bond motifs is 10. The molecule has 0 aliphatic heterocycles. The first-order valence-electron chi connectivity index (χ1n) is 23.3. The summed E-state index contributed by atoms with van der Waals surface area (Å²) in [5, 5.41) is 17.8. The highest BCUT2D eigenvalue weighted by Crippen LogP contribution is 2.54. The van der Waals surface area contributed by atoms with Crippen LogP contribution in [0, 0.1) is 17.9 Å². The van der Waals surface area contributed by atoms with Crippen molar-refractivity contribution < 1.29 is 9.60 Å². The Morgan fingerprint density at radius 1 is 0.508 bits per heavy atom. The zero-order chi connectivity index (χ0) is 46.4. The van der Waals surface area contributed by atoms with E-state index in [1.54, 1.807) is 23.5 Å². The molecular formula is C56H30N4S. The Bertz CT molecular complexity index is 4480. The van der Waals surface area contributed by atoms with Crippen LogP contribution in [0.15, 0.2) is 182 Å². The van der Waals surface area contributed by atoms with Crippen LogP contribution in [0.5, 0.6) is 0 Å². The molecule has 3 heterocycles. The largest absolute Gasteiger partial charge is 0.318 e. The van der Waals surface area contributed by atoms with Gasteiger partial charge in [-0.3, -0.25) is 0 Å². The minimum atomic E-state index is -0.470. The molecule has 0 aliphatic carbocycles. The first-order chi connectivity index (χ1) is 33.2. The highest BCUT2D eigenvalue weighted by atomic mass is 32.1. The number of hydrogen-bond donors (Lipinski definition) is 0. The molecule has 0 saturated carbocycles. The number of para-hydroxylation sites is 1. The van der Waals surface area contributed by atoms with Gasteiger partial charge in [-0.15, -0.1) is 11.3 Å². The summed E-state index contributed by atoms with van der Waals surface area (Å²) in [6, 6.07) is 45.3. The molecule has 0 unspecified atom stereocenters. The van der Waals surface area contributed by atoms with Gasteiger partial charge in [0.2, 0.25) is 5.69 Å². The van der Waals surface area contributed by atoms with E-state index in [1.807, 2.05) is 95.6 Å². The Hall–Kier alpha value is -8.22. The van der Waals surface area contributed by atoms with Crippen molar-refractivity contribution in [3.05, 3.63) is 199 Å². The molecule has 0 bridgehead atoms. The lowest BCUT2D eigenvalue weighted by Crippen LogP contribution is -2.08. The Morgan fingerprint density at radius 3 is 1.90 bits per heavy atom. The van der Waals surface area contributed by atoms with Gasteiger partial charge in [0, 0.05) is 48.1 Å². The smallest absolute Gasteiger partial charge is 0.220 e. The molecule has 0 amide bonds. The van der Waals surface area contributed by atoms with E-state index >= 15 is 0 Å². The van der Waals surface area contributed by atoms with E-state index in [1.165, 1.54) is 0 Å². The Balaban J connectivity index is 1.36. The molecule has 3 aromatic heterocycles. The first kappa shape index (κ1) is 27.5. The van der Waals surface area contributed by atoms with E-state index in [0.29, 0.717) is 55.3 Å². The second-order valence-corrected chi connectivity index (χ2v) is 16.2. The van der Waals surface area contributed by atoms with Crippen LogP contribution in [0.4, 0.5) is 5.69 Å². The summed E-state index contributed by atoms with van der Waals surface area (Å²) in [4.78, 5) is 4.37. The summed E-state index contributed by atoms with van der Waals surface area (Å²) >= 11 is 1.68.